The molecule has 1 unspecified atom stereocenters. The normalized spacial score (nSPS) is 14.4. The van der Waals surface area contributed by atoms with Gasteiger partial charge >= 0.3 is 0 Å². The van der Waals surface area contributed by atoms with E-state index in [1.165, 1.54) is 0 Å². The van der Waals surface area contributed by atoms with E-state index in [1.54, 1.807) is 4.68 Å². The molecule has 1 aromatic heterocycles. The first-order valence-corrected chi connectivity index (χ1v) is 6.22. The van der Waals surface area contributed by atoms with Crippen molar-refractivity contribution in [3.8, 4) is 5.69 Å². The van der Waals surface area contributed by atoms with E-state index < -0.39 is 0 Å². The lowest BCUT2D eigenvalue weighted by molar-refractivity contribution is 0.354. The first-order chi connectivity index (χ1) is 8.60. The molecule has 2 aromatic rings. The smallest absolute Gasteiger partial charge is 0.176 e. The van der Waals surface area contributed by atoms with Crippen LogP contribution in [0.2, 0.25) is 5.02 Å². The largest absolute Gasteiger partial charge is 0.308 e. The molecule has 2 rings (SSSR count). The second kappa shape index (κ2) is 5.04. The van der Waals surface area contributed by atoms with Gasteiger partial charge in [0.25, 0.3) is 0 Å². The van der Waals surface area contributed by atoms with Crippen LogP contribution in [0.1, 0.15) is 26.1 Å². The lowest BCUT2D eigenvalue weighted by Gasteiger charge is -2.26. The topological polar surface area (TPSA) is 55.6 Å². The Kier molecular flexibility index (Phi) is 3.63. The predicted octanol–water partition coefficient (Wildman–Crippen LogP) is 2.16. The zero-order valence-corrected chi connectivity index (χ0v) is 11.4. The number of hydrogen-bond donors (Lipinski definition) is 1. The molecule has 18 heavy (non-hydrogen) atoms. The summed E-state index contributed by atoms with van der Waals surface area (Å²) in [5, 5.41) is 15.9. The second-order valence-corrected chi connectivity index (χ2v) is 4.76. The van der Waals surface area contributed by atoms with Gasteiger partial charge in [-0.25, -0.2) is 0 Å². The maximum Gasteiger partial charge on any atom is 0.176 e. The van der Waals surface area contributed by atoms with Gasteiger partial charge in [-0.15, -0.1) is 5.10 Å². The van der Waals surface area contributed by atoms with E-state index in [0.717, 1.165) is 17.9 Å². The van der Waals surface area contributed by atoms with Crippen LogP contribution >= 0.6 is 11.6 Å². The number of nitrogens with one attached hydrogen (secondary N) is 1. The number of rotatable bonds is 4. The Morgan fingerprint density at radius 1 is 1.33 bits per heavy atom. The van der Waals surface area contributed by atoms with E-state index >= 15 is 0 Å². The summed E-state index contributed by atoms with van der Waals surface area (Å²) in [7, 11) is 1.91. The number of nitrogens with zero attached hydrogens (tertiary/aromatic N) is 4. The van der Waals surface area contributed by atoms with Crippen molar-refractivity contribution >= 4 is 11.6 Å². The van der Waals surface area contributed by atoms with Crippen LogP contribution in [-0.2, 0) is 5.54 Å². The Bertz CT molecular complexity index is 516. The fourth-order valence-electron chi connectivity index (χ4n) is 1.73. The summed E-state index contributed by atoms with van der Waals surface area (Å²) in [6.45, 7) is 4.17. The molecule has 0 amide bonds. The highest BCUT2D eigenvalue weighted by Crippen LogP contribution is 2.23. The SMILES string of the molecule is CCC(C)(NC)c1nnnn1-c1ccc(Cl)cc1. The summed E-state index contributed by atoms with van der Waals surface area (Å²) in [6.07, 6.45) is 0.886. The minimum Gasteiger partial charge on any atom is -0.308 e. The Balaban J connectivity index is 2.48. The van der Waals surface area contributed by atoms with E-state index in [4.69, 9.17) is 11.6 Å². The highest BCUT2D eigenvalue weighted by molar-refractivity contribution is 6.30. The molecule has 5 nitrogen and oxygen atoms in total. The standard InChI is InChI=1S/C12H16ClN5/c1-4-12(2,14-3)11-15-16-17-18(11)10-7-5-9(13)6-8-10/h5-8,14H,4H2,1-3H3. The van der Waals surface area contributed by atoms with Gasteiger partial charge in [-0.3, -0.25) is 0 Å². The third-order valence-electron chi connectivity index (χ3n) is 3.29. The van der Waals surface area contributed by atoms with Crippen molar-refractivity contribution in [1.29, 1.82) is 0 Å². The number of tetrazole rings is 1. The van der Waals surface area contributed by atoms with Crippen molar-refractivity contribution in [3.05, 3.63) is 35.1 Å². The van der Waals surface area contributed by atoms with Gasteiger partial charge in [-0.1, -0.05) is 18.5 Å². The first-order valence-electron chi connectivity index (χ1n) is 5.84. The molecule has 0 aliphatic heterocycles. The summed E-state index contributed by atoms with van der Waals surface area (Å²) in [5.74, 6) is 0.787. The maximum atomic E-state index is 5.88. The summed E-state index contributed by atoms with van der Waals surface area (Å²) >= 11 is 5.88. The van der Waals surface area contributed by atoms with Gasteiger partial charge < -0.3 is 5.32 Å². The van der Waals surface area contributed by atoms with Crippen LogP contribution in [0, 0.1) is 0 Å². The molecular weight excluding hydrogens is 250 g/mol. The second-order valence-electron chi connectivity index (χ2n) is 4.33. The van der Waals surface area contributed by atoms with E-state index in [9.17, 15) is 0 Å². The molecule has 0 fully saturated rings. The van der Waals surface area contributed by atoms with Crippen molar-refractivity contribution in [1.82, 2.24) is 25.5 Å². The molecule has 0 spiro atoms. The molecule has 1 aromatic carbocycles. The number of hydrogen-bond acceptors (Lipinski definition) is 4. The Morgan fingerprint density at radius 3 is 2.56 bits per heavy atom. The van der Waals surface area contributed by atoms with Gasteiger partial charge in [-0.05, 0) is 55.1 Å². The van der Waals surface area contributed by atoms with Crippen LogP contribution in [0.5, 0.6) is 0 Å². The molecule has 0 saturated heterocycles. The maximum absolute atomic E-state index is 5.88. The van der Waals surface area contributed by atoms with Crippen LogP contribution in [-0.4, -0.2) is 27.3 Å². The zero-order chi connectivity index (χ0) is 13.2. The fourth-order valence-corrected chi connectivity index (χ4v) is 1.86. The van der Waals surface area contributed by atoms with E-state index in [0.29, 0.717) is 5.02 Å². The fraction of sp³-hybridized carbons (Fsp3) is 0.417. The highest BCUT2D eigenvalue weighted by Gasteiger charge is 2.29. The Morgan fingerprint density at radius 2 is 2.00 bits per heavy atom. The molecule has 96 valence electrons. The summed E-state index contributed by atoms with van der Waals surface area (Å²) in [4.78, 5) is 0. The summed E-state index contributed by atoms with van der Waals surface area (Å²) in [5.41, 5.74) is 0.637. The lowest BCUT2D eigenvalue weighted by atomic mass is 9.98. The minimum absolute atomic E-state index is 0.261. The molecule has 0 aliphatic carbocycles. The predicted molar refractivity (Wildman–Crippen MR) is 70.9 cm³/mol. The number of halogens is 1. The number of benzene rings is 1. The van der Waals surface area contributed by atoms with Crippen molar-refractivity contribution in [3.63, 3.8) is 0 Å². The van der Waals surface area contributed by atoms with Crippen molar-refractivity contribution in [2.24, 2.45) is 0 Å². The summed E-state index contributed by atoms with van der Waals surface area (Å²) in [6, 6.07) is 7.44. The molecular formula is C12H16ClN5. The Labute approximate surface area is 111 Å². The van der Waals surface area contributed by atoms with Crippen LogP contribution in [0.3, 0.4) is 0 Å². The van der Waals surface area contributed by atoms with E-state index in [1.807, 2.05) is 31.3 Å². The van der Waals surface area contributed by atoms with Gasteiger partial charge in [0.15, 0.2) is 5.82 Å². The molecule has 0 aliphatic rings. The molecule has 0 saturated carbocycles. The van der Waals surface area contributed by atoms with Crippen molar-refractivity contribution in [2.75, 3.05) is 7.05 Å². The van der Waals surface area contributed by atoms with Gasteiger partial charge in [-0.2, -0.15) is 4.68 Å². The minimum atomic E-state index is -0.261. The van der Waals surface area contributed by atoms with E-state index in [2.05, 4.69) is 34.7 Å². The highest BCUT2D eigenvalue weighted by atomic mass is 35.5. The number of aromatic nitrogens is 4. The molecule has 1 N–H and O–H groups in total. The van der Waals surface area contributed by atoms with Crippen LogP contribution in [0.15, 0.2) is 24.3 Å². The quantitative estimate of drug-likeness (QED) is 0.920. The molecule has 1 atom stereocenters. The zero-order valence-electron chi connectivity index (χ0n) is 10.7. The van der Waals surface area contributed by atoms with Crippen LogP contribution in [0.4, 0.5) is 0 Å². The third-order valence-corrected chi connectivity index (χ3v) is 3.55. The third kappa shape index (κ3) is 2.23. The molecule has 6 heteroatoms. The van der Waals surface area contributed by atoms with Crippen molar-refractivity contribution < 1.29 is 0 Å². The average Bonchev–Trinajstić information content (AvgIpc) is 2.88. The van der Waals surface area contributed by atoms with Gasteiger partial charge in [0, 0.05) is 5.02 Å². The molecule has 0 bridgehead atoms. The first kappa shape index (κ1) is 13.0. The van der Waals surface area contributed by atoms with Crippen LogP contribution in [0.25, 0.3) is 5.69 Å². The van der Waals surface area contributed by atoms with Crippen LogP contribution < -0.4 is 5.32 Å². The van der Waals surface area contributed by atoms with E-state index in [-0.39, 0.29) is 5.54 Å². The molecule has 1 heterocycles. The lowest BCUT2D eigenvalue weighted by Crippen LogP contribution is -2.38. The average molecular weight is 266 g/mol. The van der Waals surface area contributed by atoms with Crippen molar-refractivity contribution in [2.45, 2.75) is 25.8 Å². The van der Waals surface area contributed by atoms with Gasteiger partial charge in [0.05, 0.1) is 11.2 Å². The Hall–Kier alpha value is -1.46. The van der Waals surface area contributed by atoms with Gasteiger partial charge in [0.1, 0.15) is 0 Å². The molecule has 0 radical (unpaired) electrons. The monoisotopic (exact) mass is 265 g/mol. The summed E-state index contributed by atoms with van der Waals surface area (Å²) < 4.78 is 1.73. The van der Waals surface area contributed by atoms with Gasteiger partial charge in [0.2, 0.25) is 0 Å².